The van der Waals surface area contributed by atoms with Crippen LogP contribution in [0.15, 0.2) is 0 Å². The molecule has 1 aliphatic heterocycles. The van der Waals surface area contributed by atoms with Crippen LogP contribution < -0.4 is 5.73 Å². The molecule has 0 aromatic carbocycles. The first kappa shape index (κ1) is 11.5. The van der Waals surface area contributed by atoms with Crippen LogP contribution in [0.4, 0.5) is 0 Å². The Morgan fingerprint density at radius 1 is 1.43 bits per heavy atom. The average Bonchev–Trinajstić information content (AvgIpc) is 2.59. The number of rotatable bonds is 5. The standard InChI is InChI=1S/C11H22N2O/c1-2-3-4-5-6-11(14)13-8-7-10(12)9-13/h10H,2-9,12H2,1H3/t10-/m1/s1. The summed E-state index contributed by atoms with van der Waals surface area (Å²) in [6.07, 6.45) is 6.38. The lowest BCUT2D eigenvalue weighted by Gasteiger charge is -2.15. The quantitative estimate of drug-likeness (QED) is 0.681. The van der Waals surface area contributed by atoms with Gasteiger partial charge in [-0.25, -0.2) is 0 Å². The molecule has 1 fully saturated rings. The van der Waals surface area contributed by atoms with Crippen molar-refractivity contribution in [3.8, 4) is 0 Å². The van der Waals surface area contributed by atoms with Gasteiger partial charge >= 0.3 is 0 Å². The SMILES string of the molecule is CCCCCCC(=O)N1CC[C@@H](N)C1. The minimum absolute atomic E-state index is 0.217. The van der Waals surface area contributed by atoms with Crippen molar-refractivity contribution in [3.63, 3.8) is 0 Å². The summed E-state index contributed by atoms with van der Waals surface area (Å²) in [6.45, 7) is 3.82. The van der Waals surface area contributed by atoms with Gasteiger partial charge in [-0.1, -0.05) is 26.2 Å². The van der Waals surface area contributed by atoms with Crippen LogP contribution in [0.25, 0.3) is 0 Å². The van der Waals surface area contributed by atoms with Crippen LogP contribution in [0.3, 0.4) is 0 Å². The first-order chi connectivity index (χ1) is 6.74. The van der Waals surface area contributed by atoms with Crippen molar-refractivity contribution < 1.29 is 4.79 Å². The van der Waals surface area contributed by atoms with E-state index >= 15 is 0 Å². The van der Waals surface area contributed by atoms with Gasteiger partial charge in [-0.2, -0.15) is 0 Å². The number of nitrogens with zero attached hydrogens (tertiary/aromatic N) is 1. The molecule has 0 bridgehead atoms. The van der Waals surface area contributed by atoms with Gasteiger partial charge < -0.3 is 10.6 Å². The van der Waals surface area contributed by atoms with Gasteiger partial charge in [0.1, 0.15) is 0 Å². The minimum atomic E-state index is 0.217. The molecule has 1 amide bonds. The third kappa shape index (κ3) is 3.66. The average molecular weight is 198 g/mol. The van der Waals surface area contributed by atoms with E-state index in [1.54, 1.807) is 0 Å². The molecule has 1 atom stereocenters. The fraction of sp³-hybridized carbons (Fsp3) is 0.909. The fourth-order valence-corrected chi connectivity index (χ4v) is 1.87. The molecule has 2 N–H and O–H groups in total. The first-order valence-electron chi connectivity index (χ1n) is 5.77. The number of likely N-dealkylation sites (tertiary alicyclic amines) is 1. The Kier molecular flexibility index (Phi) is 4.94. The van der Waals surface area contributed by atoms with Gasteiger partial charge in [0.05, 0.1) is 0 Å². The van der Waals surface area contributed by atoms with Crippen LogP contribution >= 0.6 is 0 Å². The summed E-state index contributed by atoms with van der Waals surface area (Å²) in [7, 11) is 0. The molecule has 0 spiro atoms. The molecule has 1 heterocycles. The zero-order valence-corrected chi connectivity index (χ0v) is 9.17. The van der Waals surface area contributed by atoms with E-state index in [2.05, 4.69) is 6.92 Å². The van der Waals surface area contributed by atoms with E-state index in [0.717, 1.165) is 25.9 Å². The largest absolute Gasteiger partial charge is 0.341 e. The summed E-state index contributed by atoms with van der Waals surface area (Å²) in [5.74, 6) is 0.300. The van der Waals surface area contributed by atoms with Crippen molar-refractivity contribution in [1.29, 1.82) is 0 Å². The fourth-order valence-electron chi connectivity index (χ4n) is 1.87. The van der Waals surface area contributed by atoms with Crippen LogP contribution in [0.2, 0.25) is 0 Å². The molecule has 14 heavy (non-hydrogen) atoms. The molecule has 1 rings (SSSR count). The molecule has 0 aliphatic carbocycles. The van der Waals surface area contributed by atoms with E-state index in [0.29, 0.717) is 12.3 Å². The number of unbranched alkanes of at least 4 members (excludes halogenated alkanes) is 3. The van der Waals surface area contributed by atoms with Crippen molar-refractivity contribution in [1.82, 2.24) is 4.90 Å². The highest BCUT2D eigenvalue weighted by Crippen LogP contribution is 2.11. The molecule has 1 aliphatic rings. The summed E-state index contributed by atoms with van der Waals surface area (Å²) in [5, 5.41) is 0. The molecular formula is C11H22N2O. The maximum atomic E-state index is 11.6. The molecule has 3 heteroatoms. The van der Waals surface area contributed by atoms with Crippen molar-refractivity contribution >= 4 is 5.91 Å². The summed E-state index contributed by atoms with van der Waals surface area (Å²) in [6, 6.07) is 0.217. The van der Waals surface area contributed by atoms with Crippen LogP contribution in [-0.2, 0) is 4.79 Å². The summed E-state index contributed by atoms with van der Waals surface area (Å²) >= 11 is 0. The normalized spacial score (nSPS) is 21.6. The topological polar surface area (TPSA) is 46.3 Å². The second kappa shape index (κ2) is 6.02. The highest BCUT2D eigenvalue weighted by molar-refractivity contribution is 5.76. The van der Waals surface area contributed by atoms with E-state index in [9.17, 15) is 4.79 Å². The van der Waals surface area contributed by atoms with Crippen molar-refractivity contribution in [2.24, 2.45) is 5.73 Å². The Labute approximate surface area is 86.6 Å². The van der Waals surface area contributed by atoms with Crippen LogP contribution in [0, 0.1) is 0 Å². The van der Waals surface area contributed by atoms with E-state index < -0.39 is 0 Å². The predicted octanol–water partition coefficient (Wildman–Crippen LogP) is 1.52. The highest BCUT2D eigenvalue weighted by Gasteiger charge is 2.22. The number of carbonyl (C=O) groups excluding carboxylic acids is 1. The number of nitrogens with two attached hydrogens (primary N) is 1. The molecule has 0 aromatic heterocycles. The van der Waals surface area contributed by atoms with Crippen molar-refractivity contribution in [3.05, 3.63) is 0 Å². The van der Waals surface area contributed by atoms with E-state index in [1.165, 1.54) is 19.3 Å². The Hall–Kier alpha value is -0.570. The molecule has 3 nitrogen and oxygen atoms in total. The Morgan fingerprint density at radius 3 is 2.79 bits per heavy atom. The lowest BCUT2D eigenvalue weighted by molar-refractivity contribution is -0.130. The molecule has 0 unspecified atom stereocenters. The molecule has 0 aromatic rings. The highest BCUT2D eigenvalue weighted by atomic mass is 16.2. The molecular weight excluding hydrogens is 176 g/mol. The van der Waals surface area contributed by atoms with Crippen LogP contribution in [0.5, 0.6) is 0 Å². The zero-order valence-electron chi connectivity index (χ0n) is 9.17. The third-order valence-corrected chi connectivity index (χ3v) is 2.82. The second-order valence-corrected chi connectivity index (χ2v) is 4.20. The lowest BCUT2D eigenvalue weighted by atomic mass is 10.1. The summed E-state index contributed by atoms with van der Waals surface area (Å²) in [5.41, 5.74) is 5.75. The number of hydrogen-bond donors (Lipinski definition) is 1. The number of hydrogen-bond acceptors (Lipinski definition) is 2. The maximum absolute atomic E-state index is 11.6. The lowest BCUT2D eigenvalue weighted by Crippen LogP contribution is -2.31. The summed E-state index contributed by atoms with van der Waals surface area (Å²) < 4.78 is 0. The predicted molar refractivity (Wildman–Crippen MR) is 57.9 cm³/mol. The van der Waals surface area contributed by atoms with Gasteiger partial charge in [-0.3, -0.25) is 4.79 Å². The van der Waals surface area contributed by atoms with Gasteiger partial charge in [0, 0.05) is 25.6 Å². The molecule has 82 valence electrons. The van der Waals surface area contributed by atoms with E-state index in [-0.39, 0.29) is 6.04 Å². The molecule has 1 saturated heterocycles. The van der Waals surface area contributed by atoms with Gasteiger partial charge in [-0.05, 0) is 12.8 Å². The first-order valence-corrected chi connectivity index (χ1v) is 5.77. The monoisotopic (exact) mass is 198 g/mol. The Bertz CT molecular complexity index is 182. The second-order valence-electron chi connectivity index (χ2n) is 4.20. The molecule has 0 saturated carbocycles. The van der Waals surface area contributed by atoms with Crippen LogP contribution in [-0.4, -0.2) is 29.9 Å². The summed E-state index contributed by atoms with van der Waals surface area (Å²) in [4.78, 5) is 13.5. The molecule has 0 radical (unpaired) electrons. The Balaban J connectivity index is 2.09. The number of carbonyl (C=O) groups is 1. The third-order valence-electron chi connectivity index (χ3n) is 2.82. The number of amides is 1. The zero-order chi connectivity index (χ0) is 10.4. The van der Waals surface area contributed by atoms with Gasteiger partial charge in [-0.15, -0.1) is 0 Å². The Morgan fingerprint density at radius 2 is 2.21 bits per heavy atom. The van der Waals surface area contributed by atoms with Gasteiger partial charge in [0.25, 0.3) is 0 Å². The van der Waals surface area contributed by atoms with E-state index in [4.69, 9.17) is 5.73 Å². The minimum Gasteiger partial charge on any atom is -0.341 e. The van der Waals surface area contributed by atoms with Crippen molar-refractivity contribution in [2.75, 3.05) is 13.1 Å². The van der Waals surface area contributed by atoms with Gasteiger partial charge in [0.2, 0.25) is 5.91 Å². The maximum Gasteiger partial charge on any atom is 0.222 e. The van der Waals surface area contributed by atoms with E-state index in [1.807, 2.05) is 4.90 Å². The van der Waals surface area contributed by atoms with Crippen molar-refractivity contribution in [2.45, 2.75) is 51.5 Å². The van der Waals surface area contributed by atoms with Crippen LogP contribution in [0.1, 0.15) is 45.4 Å². The van der Waals surface area contributed by atoms with Gasteiger partial charge in [0.15, 0.2) is 0 Å². The smallest absolute Gasteiger partial charge is 0.222 e.